The highest BCUT2D eigenvalue weighted by molar-refractivity contribution is 6.05. The van der Waals surface area contributed by atoms with Gasteiger partial charge in [-0.2, -0.15) is 0 Å². The highest BCUT2D eigenvalue weighted by atomic mass is 16.5. The number of amides is 2. The van der Waals surface area contributed by atoms with Gasteiger partial charge in [-0.3, -0.25) is 9.59 Å². The van der Waals surface area contributed by atoms with Crippen molar-refractivity contribution in [2.45, 2.75) is 13.8 Å². The molecule has 0 saturated carbocycles. The lowest BCUT2D eigenvalue weighted by atomic mass is 10.1. The van der Waals surface area contributed by atoms with E-state index in [1.165, 1.54) is 12.1 Å². The number of carbonyl (C=O) groups excluding carboxylic acids is 2. The lowest BCUT2D eigenvalue weighted by Gasteiger charge is -2.18. The van der Waals surface area contributed by atoms with Crippen LogP contribution in [0, 0.1) is 4.91 Å². The Morgan fingerprint density at radius 1 is 0.909 bits per heavy atom. The number of nitroso groups, excluding NO2 is 1. The molecule has 0 spiro atoms. The number of hydrogen-bond donors (Lipinski definition) is 2. The summed E-state index contributed by atoms with van der Waals surface area (Å²) >= 11 is 0. The summed E-state index contributed by atoms with van der Waals surface area (Å²) in [7, 11) is 1.55. The van der Waals surface area contributed by atoms with E-state index in [1.54, 1.807) is 54.5 Å². The van der Waals surface area contributed by atoms with Crippen LogP contribution >= 0.6 is 0 Å². The van der Waals surface area contributed by atoms with Gasteiger partial charge >= 0.3 is 0 Å². The molecule has 8 nitrogen and oxygen atoms in total. The van der Waals surface area contributed by atoms with E-state index in [0.29, 0.717) is 47.0 Å². The van der Waals surface area contributed by atoms with Crippen molar-refractivity contribution < 1.29 is 14.3 Å². The third-order valence-electron chi connectivity index (χ3n) is 5.17. The first-order valence-electron chi connectivity index (χ1n) is 10.6. The summed E-state index contributed by atoms with van der Waals surface area (Å²) in [5.41, 5.74) is 2.62. The molecule has 0 radical (unpaired) electrons. The first kappa shape index (κ1) is 23.5. The van der Waals surface area contributed by atoms with E-state index in [0.717, 1.165) is 0 Å². The van der Waals surface area contributed by atoms with E-state index >= 15 is 0 Å². The number of benzene rings is 3. The van der Waals surface area contributed by atoms with E-state index in [2.05, 4.69) is 15.8 Å². The number of carbonyl (C=O) groups is 2. The molecular weight excluding hydrogens is 420 g/mol. The van der Waals surface area contributed by atoms with Crippen LogP contribution in [0.4, 0.5) is 22.7 Å². The lowest BCUT2D eigenvalue weighted by molar-refractivity contribution is 0.0773. The summed E-state index contributed by atoms with van der Waals surface area (Å²) in [6.45, 7) is 5.12. The number of para-hydroxylation sites is 2. The molecule has 0 aliphatic rings. The van der Waals surface area contributed by atoms with Gasteiger partial charge in [0.05, 0.1) is 18.5 Å². The maximum Gasteiger partial charge on any atom is 0.255 e. The van der Waals surface area contributed by atoms with E-state index in [9.17, 15) is 14.5 Å². The highest BCUT2D eigenvalue weighted by Gasteiger charge is 2.14. The third kappa shape index (κ3) is 5.54. The largest absolute Gasteiger partial charge is 0.495 e. The second-order valence-corrected chi connectivity index (χ2v) is 7.16. The molecular formula is C25H26N4O4. The molecule has 3 rings (SSSR count). The predicted octanol–water partition coefficient (Wildman–Crippen LogP) is 5.57. The van der Waals surface area contributed by atoms with Crippen LogP contribution in [-0.4, -0.2) is 36.9 Å². The molecule has 0 bridgehead atoms. The van der Waals surface area contributed by atoms with Gasteiger partial charge in [0, 0.05) is 29.9 Å². The fraction of sp³-hybridized carbons (Fsp3) is 0.200. The van der Waals surface area contributed by atoms with E-state index in [-0.39, 0.29) is 17.5 Å². The normalized spacial score (nSPS) is 10.3. The van der Waals surface area contributed by atoms with Crippen molar-refractivity contribution in [3.63, 3.8) is 0 Å². The van der Waals surface area contributed by atoms with Gasteiger partial charge in [0.2, 0.25) is 0 Å². The van der Waals surface area contributed by atoms with Crippen LogP contribution < -0.4 is 15.4 Å². The van der Waals surface area contributed by atoms with Gasteiger partial charge in [0.25, 0.3) is 11.8 Å². The van der Waals surface area contributed by atoms with Gasteiger partial charge in [0.1, 0.15) is 11.4 Å². The molecule has 2 N–H and O–H groups in total. The summed E-state index contributed by atoms with van der Waals surface area (Å²) in [4.78, 5) is 38.3. The summed E-state index contributed by atoms with van der Waals surface area (Å²) in [6, 6.07) is 18.5. The Labute approximate surface area is 192 Å². The average molecular weight is 447 g/mol. The Bertz CT molecular complexity index is 1140. The second kappa shape index (κ2) is 10.9. The number of hydrogen-bond acceptors (Lipinski definition) is 6. The molecule has 2 amide bonds. The molecule has 0 unspecified atom stereocenters. The van der Waals surface area contributed by atoms with Crippen molar-refractivity contribution >= 4 is 34.6 Å². The first-order chi connectivity index (χ1) is 16.0. The first-order valence-corrected chi connectivity index (χ1v) is 10.6. The van der Waals surface area contributed by atoms with Crippen LogP contribution in [0.25, 0.3) is 0 Å². The molecule has 0 saturated heterocycles. The minimum absolute atomic E-state index is 0.0538. The minimum Gasteiger partial charge on any atom is -0.495 e. The standard InChI is InChI=1S/C25H26N4O4/c1-4-29(5-2)25(31)17-10-13-19(14-11-17)26-24(30)18-12-15-20(28-32)22(16-18)27-21-8-6-7-9-23(21)33-3/h6-16,27H,4-5H2,1-3H3,(H,26,30). The highest BCUT2D eigenvalue weighted by Crippen LogP contribution is 2.33. The zero-order valence-electron chi connectivity index (χ0n) is 18.8. The van der Waals surface area contributed by atoms with Crippen LogP contribution in [0.5, 0.6) is 5.75 Å². The zero-order chi connectivity index (χ0) is 23.8. The smallest absolute Gasteiger partial charge is 0.255 e. The number of nitrogens with one attached hydrogen (secondary N) is 2. The zero-order valence-corrected chi connectivity index (χ0v) is 18.8. The van der Waals surface area contributed by atoms with Crippen molar-refractivity contribution in [1.82, 2.24) is 4.90 Å². The van der Waals surface area contributed by atoms with Crippen LogP contribution in [-0.2, 0) is 0 Å². The lowest BCUT2D eigenvalue weighted by Crippen LogP contribution is -2.30. The molecule has 0 atom stereocenters. The van der Waals surface area contributed by atoms with Gasteiger partial charge in [-0.05, 0) is 73.6 Å². The molecule has 0 heterocycles. The van der Waals surface area contributed by atoms with Crippen molar-refractivity contribution in [2.75, 3.05) is 30.8 Å². The Balaban J connectivity index is 1.78. The Morgan fingerprint density at radius 2 is 1.58 bits per heavy atom. The van der Waals surface area contributed by atoms with Crippen LogP contribution in [0.1, 0.15) is 34.6 Å². The summed E-state index contributed by atoms with van der Waals surface area (Å²) < 4.78 is 5.33. The number of rotatable bonds is 9. The van der Waals surface area contributed by atoms with Crippen molar-refractivity contribution in [1.29, 1.82) is 0 Å². The number of anilines is 3. The van der Waals surface area contributed by atoms with Gasteiger partial charge in [-0.25, -0.2) is 0 Å². The third-order valence-corrected chi connectivity index (χ3v) is 5.17. The molecule has 8 heteroatoms. The monoisotopic (exact) mass is 446 g/mol. The number of ether oxygens (including phenoxy) is 1. The molecule has 0 fully saturated rings. The van der Waals surface area contributed by atoms with Crippen LogP contribution in [0.3, 0.4) is 0 Å². The Hall–Kier alpha value is -4.20. The van der Waals surface area contributed by atoms with Crippen molar-refractivity contribution in [2.24, 2.45) is 5.18 Å². The quantitative estimate of drug-likeness (QED) is 0.419. The molecule has 3 aromatic carbocycles. The second-order valence-electron chi connectivity index (χ2n) is 7.16. The molecule has 3 aromatic rings. The Morgan fingerprint density at radius 3 is 2.21 bits per heavy atom. The number of nitrogens with zero attached hydrogens (tertiary/aromatic N) is 2. The van der Waals surface area contributed by atoms with Crippen molar-refractivity contribution in [3.05, 3.63) is 82.8 Å². The van der Waals surface area contributed by atoms with Crippen LogP contribution in [0.2, 0.25) is 0 Å². The predicted molar refractivity (Wildman–Crippen MR) is 130 cm³/mol. The van der Waals surface area contributed by atoms with E-state index < -0.39 is 0 Å². The number of methoxy groups -OCH3 is 1. The fourth-order valence-electron chi connectivity index (χ4n) is 3.34. The topological polar surface area (TPSA) is 100 Å². The molecule has 33 heavy (non-hydrogen) atoms. The van der Waals surface area contributed by atoms with Crippen LogP contribution in [0.15, 0.2) is 71.9 Å². The maximum atomic E-state index is 12.8. The maximum absolute atomic E-state index is 12.8. The molecule has 0 aromatic heterocycles. The van der Waals surface area contributed by atoms with Gasteiger partial charge in [-0.15, -0.1) is 4.91 Å². The van der Waals surface area contributed by atoms with E-state index in [4.69, 9.17) is 4.74 Å². The molecule has 170 valence electrons. The van der Waals surface area contributed by atoms with Gasteiger partial charge < -0.3 is 20.3 Å². The van der Waals surface area contributed by atoms with Gasteiger partial charge in [-0.1, -0.05) is 12.1 Å². The average Bonchev–Trinajstić information content (AvgIpc) is 2.85. The fourth-order valence-corrected chi connectivity index (χ4v) is 3.34. The molecule has 0 aliphatic heterocycles. The molecule has 0 aliphatic carbocycles. The minimum atomic E-state index is -0.363. The summed E-state index contributed by atoms with van der Waals surface area (Å²) in [5.74, 6) is 0.170. The van der Waals surface area contributed by atoms with E-state index in [1.807, 2.05) is 26.0 Å². The Kier molecular flexibility index (Phi) is 7.75. The van der Waals surface area contributed by atoms with Gasteiger partial charge in [0.15, 0.2) is 0 Å². The summed E-state index contributed by atoms with van der Waals surface area (Å²) in [5, 5.41) is 8.95. The SMILES string of the molecule is CCN(CC)C(=O)c1ccc(NC(=O)c2ccc(N=O)c(Nc3ccccc3OC)c2)cc1. The van der Waals surface area contributed by atoms with Crippen molar-refractivity contribution in [3.8, 4) is 5.75 Å². The summed E-state index contributed by atoms with van der Waals surface area (Å²) in [6.07, 6.45) is 0.